The standard InChI is InChI=1S/C22H34N2O2/c1-6-7-15(2)11-21(25)23-20-12-19(9-8-18(20)5)22(26)24-13-16(3)10-17(4)14-24/h8-9,12,15-17H,6-7,10-11,13-14H2,1-5H3,(H,23,25). The summed E-state index contributed by atoms with van der Waals surface area (Å²) < 4.78 is 0. The molecular weight excluding hydrogens is 324 g/mol. The first-order valence-electron chi connectivity index (χ1n) is 9.99. The van der Waals surface area contributed by atoms with E-state index in [0.717, 1.165) is 37.2 Å². The van der Waals surface area contributed by atoms with Gasteiger partial charge in [-0.25, -0.2) is 0 Å². The molecule has 0 aromatic heterocycles. The predicted octanol–water partition coefficient (Wildman–Crippen LogP) is 4.88. The van der Waals surface area contributed by atoms with Crippen molar-refractivity contribution in [2.24, 2.45) is 17.8 Å². The number of nitrogens with one attached hydrogen (secondary N) is 1. The lowest BCUT2D eigenvalue weighted by atomic mass is 9.91. The molecule has 4 nitrogen and oxygen atoms in total. The van der Waals surface area contributed by atoms with Crippen molar-refractivity contribution in [3.05, 3.63) is 29.3 Å². The third-order valence-corrected chi connectivity index (χ3v) is 5.23. The number of amides is 2. The Hall–Kier alpha value is -1.84. The van der Waals surface area contributed by atoms with Crippen LogP contribution >= 0.6 is 0 Å². The molecule has 2 amide bonds. The van der Waals surface area contributed by atoms with Crippen LogP contribution in [0, 0.1) is 24.7 Å². The Bertz CT molecular complexity index is 631. The molecule has 0 bridgehead atoms. The molecule has 1 saturated heterocycles. The molecule has 144 valence electrons. The van der Waals surface area contributed by atoms with E-state index in [1.165, 1.54) is 6.42 Å². The molecule has 0 saturated carbocycles. The van der Waals surface area contributed by atoms with Gasteiger partial charge in [0.05, 0.1) is 0 Å². The van der Waals surface area contributed by atoms with Crippen molar-refractivity contribution < 1.29 is 9.59 Å². The molecule has 0 radical (unpaired) electrons. The second kappa shape index (κ2) is 9.20. The van der Waals surface area contributed by atoms with E-state index in [9.17, 15) is 9.59 Å². The van der Waals surface area contributed by atoms with Crippen LogP contribution in [-0.4, -0.2) is 29.8 Å². The summed E-state index contributed by atoms with van der Waals surface area (Å²) in [5, 5.41) is 3.01. The summed E-state index contributed by atoms with van der Waals surface area (Å²) in [6.07, 6.45) is 3.84. The summed E-state index contributed by atoms with van der Waals surface area (Å²) in [5.74, 6) is 1.54. The summed E-state index contributed by atoms with van der Waals surface area (Å²) in [7, 11) is 0. The van der Waals surface area contributed by atoms with E-state index in [-0.39, 0.29) is 11.8 Å². The van der Waals surface area contributed by atoms with Crippen molar-refractivity contribution in [2.75, 3.05) is 18.4 Å². The van der Waals surface area contributed by atoms with Crippen LogP contribution < -0.4 is 5.32 Å². The fourth-order valence-corrected chi connectivity index (χ4v) is 4.01. The highest BCUT2D eigenvalue weighted by Gasteiger charge is 2.26. The van der Waals surface area contributed by atoms with Crippen molar-refractivity contribution in [2.45, 2.75) is 60.3 Å². The van der Waals surface area contributed by atoms with Gasteiger partial charge < -0.3 is 10.2 Å². The molecule has 0 aliphatic carbocycles. The van der Waals surface area contributed by atoms with Gasteiger partial charge >= 0.3 is 0 Å². The maximum absolute atomic E-state index is 12.9. The number of likely N-dealkylation sites (tertiary alicyclic amines) is 1. The van der Waals surface area contributed by atoms with Gasteiger partial charge in [-0.15, -0.1) is 0 Å². The maximum Gasteiger partial charge on any atom is 0.253 e. The average Bonchev–Trinajstić information content (AvgIpc) is 2.55. The van der Waals surface area contributed by atoms with Gasteiger partial charge in [0, 0.05) is 30.8 Å². The average molecular weight is 359 g/mol. The van der Waals surface area contributed by atoms with E-state index in [1.54, 1.807) is 0 Å². The van der Waals surface area contributed by atoms with E-state index in [0.29, 0.717) is 29.7 Å². The molecule has 1 heterocycles. The zero-order chi connectivity index (χ0) is 19.3. The Morgan fingerprint density at radius 3 is 2.50 bits per heavy atom. The van der Waals surface area contributed by atoms with E-state index in [4.69, 9.17) is 0 Å². The smallest absolute Gasteiger partial charge is 0.253 e. The molecular formula is C22H34N2O2. The lowest BCUT2D eigenvalue weighted by Gasteiger charge is -2.35. The lowest BCUT2D eigenvalue weighted by molar-refractivity contribution is -0.117. The molecule has 1 aromatic rings. The van der Waals surface area contributed by atoms with Gasteiger partial charge in [-0.05, 0) is 48.8 Å². The van der Waals surface area contributed by atoms with Crippen LogP contribution in [0.3, 0.4) is 0 Å². The number of anilines is 1. The summed E-state index contributed by atoms with van der Waals surface area (Å²) >= 11 is 0. The molecule has 1 aliphatic rings. The molecule has 1 aromatic carbocycles. The second-order valence-corrected chi connectivity index (χ2v) is 8.33. The van der Waals surface area contributed by atoms with Crippen LogP contribution in [-0.2, 0) is 4.79 Å². The van der Waals surface area contributed by atoms with Crippen LogP contribution in [0.1, 0.15) is 69.3 Å². The van der Waals surface area contributed by atoms with Crippen molar-refractivity contribution in [1.82, 2.24) is 4.90 Å². The summed E-state index contributed by atoms with van der Waals surface area (Å²) in [5.41, 5.74) is 2.40. The maximum atomic E-state index is 12.9. The molecule has 1 N–H and O–H groups in total. The molecule has 2 rings (SSSR count). The molecule has 0 spiro atoms. The molecule has 1 fully saturated rings. The third-order valence-electron chi connectivity index (χ3n) is 5.23. The minimum absolute atomic E-state index is 0.0267. The fraction of sp³-hybridized carbons (Fsp3) is 0.636. The SMILES string of the molecule is CCCC(C)CC(=O)Nc1cc(C(=O)N2CC(C)CC(C)C2)ccc1C. The van der Waals surface area contributed by atoms with Crippen LogP contribution in [0.4, 0.5) is 5.69 Å². The van der Waals surface area contributed by atoms with Crippen molar-refractivity contribution in [1.29, 1.82) is 0 Å². The fourth-order valence-electron chi connectivity index (χ4n) is 4.01. The number of hydrogen-bond acceptors (Lipinski definition) is 2. The van der Waals surface area contributed by atoms with Crippen LogP contribution in [0.25, 0.3) is 0 Å². The normalized spacial score (nSPS) is 21.3. The van der Waals surface area contributed by atoms with Crippen molar-refractivity contribution in [3.8, 4) is 0 Å². The number of rotatable bonds is 6. The molecule has 1 aliphatic heterocycles. The van der Waals surface area contributed by atoms with E-state index in [1.807, 2.05) is 30.0 Å². The Morgan fingerprint density at radius 2 is 1.88 bits per heavy atom. The Kier molecular flexibility index (Phi) is 7.24. The van der Waals surface area contributed by atoms with Crippen molar-refractivity contribution in [3.63, 3.8) is 0 Å². The first-order valence-corrected chi connectivity index (χ1v) is 9.99. The van der Waals surface area contributed by atoms with Crippen LogP contribution in [0.15, 0.2) is 18.2 Å². The molecule has 3 atom stereocenters. The zero-order valence-corrected chi connectivity index (χ0v) is 17.0. The quantitative estimate of drug-likeness (QED) is 0.788. The summed E-state index contributed by atoms with van der Waals surface area (Å²) in [6.45, 7) is 12.2. The highest BCUT2D eigenvalue weighted by molar-refractivity contribution is 5.97. The van der Waals surface area contributed by atoms with Gasteiger partial charge in [0.15, 0.2) is 0 Å². The highest BCUT2D eigenvalue weighted by atomic mass is 16.2. The van der Waals surface area contributed by atoms with Gasteiger partial charge in [0.25, 0.3) is 5.91 Å². The largest absolute Gasteiger partial charge is 0.338 e. The highest BCUT2D eigenvalue weighted by Crippen LogP contribution is 2.24. The molecule has 4 heteroatoms. The topological polar surface area (TPSA) is 49.4 Å². The number of piperidine rings is 1. The van der Waals surface area contributed by atoms with Crippen molar-refractivity contribution >= 4 is 17.5 Å². The monoisotopic (exact) mass is 358 g/mol. The third kappa shape index (κ3) is 5.58. The number of nitrogens with zero attached hydrogens (tertiary/aromatic N) is 1. The van der Waals surface area contributed by atoms with Gasteiger partial charge in [-0.1, -0.05) is 46.6 Å². The summed E-state index contributed by atoms with van der Waals surface area (Å²) in [6, 6.07) is 5.64. The van der Waals surface area contributed by atoms with Gasteiger partial charge in [-0.2, -0.15) is 0 Å². The number of carbonyl (C=O) groups excluding carboxylic acids is 2. The van der Waals surface area contributed by atoms with E-state index < -0.39 is 0 Å². The first-order chi connectivity index (χ1) is 12.3. The molecule has 26 heavy (non-hydrogen) atoms. The van der Waals surface area contributed by atoms with Crippen LogP contribution in [0.5, 0.6) is 0 Å². The summed E-state index contributed by atoms with van der Waals surface area (Å²) in [4.78, 5) is 27.2. The van der Waals surface area contributed by atoms with E-state index in [2.05, 4.69) is 33.0 Å². The predicted molar refractivity (Wildman–Crippen MR) is 107 cm³/mol. The lowest BCUT2D eigenvalue weighted by Crippen LogP contribution is -2.42. The van der Waals surface area contributed by atoms with E-state index >= 15 is 0 Å². The second-order valence-electron chi connectivity index (χ2n) is 8.33. The zero-order valence-electron chi connectivity index (χ0n) is 17.0. The Morgan fingerprint density at radius 1 is 1.23 bits per heavy atom. The number of benzene rings is 1. The van der Waals surface area contributed by atoms with Gasteiger partial charge in [0.1, 0.15) is 0 Å². The Labute approximate surface area is 158 Å². The van der Waals surface area contributed by atoms with Gasteiger partial charge in [-0.3, -0.25) is 9.59 Å². The van der Waals surface area contributed by atoms with Gasteiger partial charge in [0.2, 0.25) is 5.91 Å². The number of hydrogen-bond donors (Lipinski definition) is 1. The first kappa shape index (κ1) is 20.5. The molecule has 3 unspecified atom stereocenters. The van der Waals surface area contributed by atoms with Crippen LogP contribution in [0.2, 0.25) is 0 Å². The Balaban J connectivity index is 2.08. The number of aryl methyl sites for hydroxylation is 1. The number of carbonyl (C=O) groups is 2. The minimum Gasteiger partial charge on any atom is -0.338 e. The minimum atomic E-state index is 0.0267.